The Morgan fingerprint density at radius 1 is 1.09 bits per heavy atom. The van der Waals surface area contributed by atoms with Crippen LogP contribution in [0.15, 0.2) is 11.6 Å². The van der Waals surface area contributed by atoms with Gasteiger partial charge in [0.25, 0.3) is 0 Å². The highest BCUT2D eigenvalue weighted by molar-refractivity contribution is 5.36. The number of hydrogen-bond acceptors (Lipinski definition) is 2. The van der Waals surface area contributed by atoms with E-state index in [1.165, 1.54) is 18.4 Å². The molecule has 4 aliphatic rings. The van der Waals surface area contributed by atoms with Crippen LogP contribution in [0.1, 0.15) is 65.2 Å². The van der Waals surface area contributed by atoms with E-state index in [-0.39, 0.29) is 23.0 Å². The fourth-order valence-electron chi connectivity index (χ4n) is 6.72. The Bertz CT molecular complexity index is 582. The van der Waals surface area contributed by atoms with E-state index in [0.29, 0.717) is 17.8 Å². The van der Waals surface area contributed by atoms with Gasteiger partial charge < -0.3 is 10.2 Å². The van der Waals surface area contributed by atoms with Crippen LogP contribution < -0.4 is 0 Å². The van der Waals surface area contributed by atoms with E-state index < -0.39 is 0 Å². The van der Waals surface area contributed by atoms with Crippen molar-refractivity contribution in [1.29, 1.82) is 0 Å². The van der Waals surface area contributed by atoms with Gasteiger partial charge in [0.1, 0.15) is 0 Å². The zero-order valence-corrected chi connectivity index (χ0v) is 14.5. The summed E-state index contributed by atoms with van der Waals surface area (Å²) in [6, 6.07) is 0. The largest absolute Gasteiger partial charge is 0.393 e. The predicted molar refractivity (Wildman–Crippen MR) is 91.5 cm³/mol. The summed E-state index contributed by atoms with van der Waals surface area (Å²) in [6.45, 7) is 4.29. The van der Waals surface area contributed by atoms with E-state index in [1.54, 1.807) is 0 Å². The molecule has 3 fully saturated rings. The number of fused-ring (bicyclic) bond motifs is 5. The second-order valence-corrected chi connectivity index (χ2v) is 8.72. The monoisotopic (exact) mass is 314 g/mol. The highest BCUT2D eigenvalue weighted by atomic mass is 16.3. The molecule has 4 aliphatic carbocycles. The van der Waals surface area contributed by atoms with Crippen LogP contribution >= 0.6 is 0 Å². The van der Waals surface area contributed by atoms with Crippen molar-refractivity contribution in [3.8, 4) is 11.8 Å². The highest BCUT2D eigenvalue weighted by Crippen LogP contribution is 2.64. The topological polar surface area (TPSA) is 40.5 Å². The second kappa shape index (κ2) is 5.36. The molecule has 2 nitrogen and oxygen atoms in total. The molecule has 0 saturated heterocycles. The van der Waals surface area contributed by atoms with Gasteiger partial charge in [0.2, 0.25) is 0 Å². The summed E-state index contributed by atoms with van der Waals surface area (Å²) in [5.74, 6) is 8.81. The third-order valence-corrected chi connectivity index (χ3v) is 7.90. The van der Waals surface area contributed by atoms with E-state index in [0.717, 1.165) is 38.5 Å². The summed E-state index contributed by atoms with van der Waals surface area (Å²) in [6.07, 6.45) is 10.5. The van der Waals surface area contributed by atoms with Gasteiger partial charge in [-0.15, -0.1) is 5.92 Å². The lowest BCUT2D eigenvalue weighted by Gasteiger charge is -2.56. The summed E-state index contributed by atoms with van der Waals surface area (Å²) in [5.41, 5.74) is 1.57. The van der Waals surface area contributed by atoms with Gasteiger partial charge in [-0.1, -0.05) is 24.5 Å². The lowest BCUT2D eigenvalue weighted by Crippen LogP contribution is -2.51. The Hall–Kier alpha value is -0.780. The van der Waals surface area contributed by atoms with Crippen molar-refractivity contribution < 1.29 is 10.2 Å². The standard InChI is InChI=1S/C21H30O2/c1-3-10-21-12-8-15(22)13-14(21)4-5-16-17-6-7-19(23)20(17,2)11-9-18(16)21/h4,15-19,22-23H,5-9,11-13H2,1-2H3/t15-,16?,17?,18?,19-,20-,21-/m0/s1. The van der Waals surface area contributed by atoms with E-state index in [9.17, 15) is 10.2 Å². The van der Waals surface area contributed by atoms with Gasteiger partial charge in [-0.05, 0) is 81.5 Å². The molecule has 0 amide bonds. The molecule has 126 valence electrons. The molecule has 0 aromatic heterocycles. The van der Waals surface area contributed by atoms with Crippen molar-refractivity contribution in [2.45, 2.75) is 77.4 Å². The average molecular weight is 314 g/mol. The number of aliphatic hydroxyl groups is 2. The maximum absolute atomic E-state index is 10.5. The lowest BCUT2D eigenvalue weighted by atomic mass is 9.47. The number of rotatable bonds is 0. The van der Waals surface area contributed by atoms with Crippen LogP contribution in [0.3, 0.4) is 0 Å². The van der Waals surface area contributed by atoms with Gasteiger partial charge >= 0.3 is 0 Å². The molecule has 7 atom stereocenters. The molecule has 0 aromatic carbocycles. The summed E-state index contributed by atoms with van der Waals surface area (Å²) < 4.78 is 0. The fraction of sp³-hybridized carbons (Fsp3) is 0.810. The Morgan fingerprint density at radius 2 is 1.91 bits per heavy atom. The lowest BCUT2D eigenvalue weighted by molar-refractivity contribution is -0.0622. The van der Waals surface area contributed by atoms with Crippen LogP contribution in [0.4, 0.5) is 0 Å². The predicted octanol–water partition coefficient (Wildman–Crippen LogP) is 3.67. The van der Waals surface area contributed by atoms with Gasteiger partial charge in [-0.25, -0.2) is 0 Å². The van der Waals surface area contributed by atoms with Crippen molar-refractivity contribution in [2.75, 3.05) is 0 Å². The maximum Gasteiger partial charge on any atom is 0.0596 e. The summed E-state index contributed by atoms with van der Waals surface area (Å²) in [4.78, 5) is 0. The van der Waals surface area contributed by atoms with Crippen molar-refractivity contribution in [2.24, 2.45) is 28.6 Å². The molecule has 3 saturated carbocycles. The smallest absolute Gasteiger partial charge is 0.0596 e. The van der Waals surface area contributed by atoms with Crippen LogP contribution in [-0.2, 0) is 0 Å². The van der Waals surface area contributed by atoms with Crippen molar-refractivity contribution in [1.82, 2.24) is 0 Å². The number of aliphatic hydroxyl groups excluding tert-OH is 2. The van der Waals surface area contributed by atoms with Gasteiger partial charge in [0.05, 0.1) is 17.6 Å². The summed E-state index contributed by atoms with van der Waals surface area (Å²) in [5, 5.41) is 20.7. The fourth-order valence-corrected chi connectivity index (χ4v) is 6.72. The molecule has 0 aromatic rings. The van der Waals surface area contributed by atoms with Gasteiger partial charge in [-0.2, -0.15) is 0 Å². The van der Waals surface area contributed by atoms with Crippen LogP contribution in [0.2, 0.25) is 0 Å². The molecule has 2 heteroatoms. The molecule has 0 bridgehead atoms. The third kappa shape index (κ3) is 2.09. The minimum atomic E-state index is -0.174. The number of allylic oxidation sites excluding steroid dienone is 1. The second-order valence-electron chi connectivity index (χ2n) is 8.72. The SMILES string of the molecule is CC#C[C@]12CC[C@H](O)CC1=CCC1C2CC[C@@]2(C)C1CC[C@@H]2O. The molecule has 3 unspecified atom stereocenters. The van der Waals surface area contributed by atoms with Gasteiger partial charge in [0, 0.05) is 0 Å². The summed E-state index contributed by atoms with van der Waals surface area (Å²) in [7, 11) is 0. The maximum atomic E-state index is 10.5. The molecule has 0 spiro atoms. The molecule has 4 rings (SSSR count). The molecule has 0 aliphatic heterocycles. The van der Waals surface area contributed by atoms with Crippen molar-refractivity contribution >= 4 is 0 Å². The van der Waals surface area contributed by atoms with E-state index in [4.69, 9.17) is 0 Å². The van der Waals surface area contributed by atoms with E-state index in [1.807, 2.05) is 6.92 Å². The van der Waals surface area contributed by atoms with Crippen LogP contribution in [0, 0.1) is 40.4 Å². The first kappa shape index (κ1) is 15.7. The van der Waals surface area contributed by atoms with Crippen molar-refractivity contribution in [3.05, 3.63) is 11.6 Å². The first-order valence-corrected chi connectivity index (χ1v) is 9.51. The zero-order chi connectivity index (χ0) is 16.2. The first-order valence-electron chi connectivity index (χ1n) is 9.51. The first-order chi connectivity index (χ1) is 11.0. The third-order valence-electron chi connectivity index (χ3n) is 7.90. The minimum absolute atomic E-state index is 0.0196. The quantitative estimate of drug-likeness (QED) is 0.529. The zero-order valence-electron chi connectivity index (χ0n) is 14.5. The van der Waals surface area contributed by atoms with Crippen molar-refractivity contribution in [3.63, 3.8) is 0 Å². The van der Waals surface area contributed by atoms with Crippen LogP contribution in [0.5, 0.6) is 0 Å². The van der Waals surface area contributed by atoms with Gasteiger partial charge in [0.15, 0.2) is 0 Å². The molecule has 0 heterocycles. The Balaban J connectivity index is 1.74. The van der Waals surface area contributed by atoms with Crippen LogP contribution in [-0.4, -0.2) is 22.4 Å². The normalized spacial score (nSPS) is 51.7. The van der Waals surface area contributed by atoms with E-state index in [2.05, 4.69) is 24.8 Å². The molecular weight excluding hydrogens is 284 g/mol. The molecular formula is C21H30O2. The Morgan fingerprint density at radius 3 is 2.70 bits per heavy atom. The Kier molecular flexibility index (Phi) is 3.67. The average Bonchev–Trinajstić information content (AvgIpc) is 2.84. The number of hydrogen-bond donors (Lipinski definition) is 2. The minimum Gasteiger partial charge on any atom is -0.393 e. The molecule has 2 N–H and O–H groups in total. The molecule has 23 heavy (non-hydrogen) atoms. The van der Waals surface area contributed by atoms with Crippen LogP contribution in [0.25, 0.3) is 0 Å². The van der Waals surface area contributed by atoms with E-state index >= 15 is 0 Å². The molecule has 0 radical (unpaired) electrons. The van der Waals surface area contributed by atoms with Gasteiger partial charge in [-0.3, -0.25) is 0 Å². The summed E-state index contributed by atoms with van der Waals surface area (Å²) >= 11 is 0. The highest BCUT2D eigenvalue weighted by Gasteiger charge is 2.59. The Labute approximate surface area is 140 Å².